The van der Waals surface area contributed by atoms with E-state index in [0.717, 1.165) is 0 Å². The molecule has 0 fully saturated rings. The van der Waals surface area contributed by atoms with Crippen molar-refractivity contribution in [2.24, 2.45) is 0 Å². The first kappa shape index (κ1) is 15.6. The van der Waals surface area contributed by atoms with Crippen LogP contribution >= 0.6 is 23.2 Å². The summed E-state index contributed by atoms with van der Waals surface area (Å²) in [4.78, 5) is 22.1. The van der Waals surface area contributed by atoms with E-state index in [1.54, 1.807) is 7.05 Å². The van der Waals surface area contributed by atoms with Crippen molar-refractivity contribution in [1.82, 2.24) is 5.32 Å². The summed E-state index contributed by atoms with van der Waals surface area (Å²) in [6.07, 6.45) is 0.752. The van der Waals surface area contributed by atoms with Gasteiger partial charge in [-0.05, 0) is 18.6 Å². The molecule has 1 aromatic rings. The standard InChI is InChI=1S/C12H13Cl2NO4/c1-15-10(16)3-2-4-19-11-8(12(17)18)5-7(13)6-9(11)14/h5-6H,2-4H2,1H3,(H,15,16)(H,17,18). The molecule has 0 saturated heterocycles. The Labute approximate surface area is 120 Å². The molecule has 1 rings (SSSR count). The van der Waals surface area contributed by atoms with Gasteiger partial charge in [-0.2, -0.15) is 0 Å². The molecule has 19 heavy (non-hydrogen) atoms. The monoisotopic (exact) mass is 305 g/mol. The third-order valence-electron chi connectivity index (χ3n) is 2.31. The van der Waals surface area contributed by atoms with Crippen molar-refractivity contribution in [3.05, 3.63) is 27.7 Å². The van der Waals surface area contributed by atoms with Gasteiger partial charge < -0.3 is 15.2 Å². The van der Waals surface area contributed by atoms with Gasteiger partial charge in [-0.1, -0.05) is 23.2 Å². The van der Waals surface area contributed by atoms with E-state index in [-0.39, 0.29) is 33.9 Å². The largest absolute Gasteiger partial charge is 0.491 e. The van der Waals surface area contributed by atoms with Crippen LogP contribution in [0.5, 0.6) is 5.75 Å². The number of carbonyl (C=O) groups is 2. The number of halogens is 2. The number of carboxylic acids is 1. The average Bonchev–Trinajstić information content (AvgIpc) is 2.35. The molecule has 7 heteroatoms. The second-order valence-electron chi connectivity index (χ2n) is 3.69. The van der Waals surface area contributed by atoms with Crippen LogP contribution in [0.25, 0.3) is 0 Å². The van der Waals surface area contributed by atoms with E-state index in [2.05, 4.69) is 5.32 Å². The highest BCUT2D eigenvalue weighted by Gasteiger charge is 2.16. The molecular weight excluding hydrogens is 293 g/mol. The van der Waals surface area contributed by atoms with Gasteiger partial charge in [0.1, 0.15) is 5.56 Å². The third kappa shape index (κ3) is 4.61. The highest BCUT2D eigenvalue weighted by atomic mass is 35.5. The Morgan fingerprint density at radius 3 is 2.63 bits per heavy atom. The Hall–Kier alpha value is -1.46. The van der Waals surface area contributed by atoms with Gasteiger partial charge >= 0.3 is 5.97 Å². The number of benzene rings is 1. The lowest BCUT2D eigenvalue weighted by Crippen LogP contribution is -2.18. The van der Waals surface area contributed by atoms with Gasteiger partial charge in [-0.15, -0.1) is 0 Å². The zero-order valence-electron chi connectivity index (χ0n) is 10.2. The topological polar surface area (TPSA) is 75.6 Å². The Kier molecular flexibility index (Phi) is 5.92. The number of hydrogen-bond acceptors (Lipinski definition) is 3. The maximum Gasteiger partial charge on any atom is 0.339 e. The molecule has 104 valence electrons. The van der Waals surface area contributed by atoms with E-state index >= 15 is 0 Å². The maximum atomic E-state index is 11.1. The van der Waals surface area contributed by atoms with Gasteiger partial charge in [0.15, 0.2) is 5.75 Å². The Morgan fingerprint density at radius 2 is 2.05 bits per heavy atom. The molecule has 0 aliphatic heterocycles. The number of carbonyl (C=O) groups excluding carboxylic acids is 1. The van der Waals surface area contributed by atoms with Crippen LogP contribution in [0.2, 0.25) is 10.0 Å². The molecular formula is C12H13Cl2NO4. The summed E-state index contributed by atoms with van der Waals surface area (Å²) in [5.41, 5.74) is -0.0996. The van der Waals surface area contributed by atoms with Gasteiger partial charge in [0.05, 0.1) is 11.6 Å². The summed E-state index contributed by atoms with van der Waals surface area (Å²) in [6, 6.07) is 2.67. The molecule has 0 aliphatic carbocycles. The number of carboxylic acid groups (broad SMARTS) is 1. The van der Waals surface area contributed by atoms with Crippen molar-refractivity contribution in [1.29, 1.82) is 0 Å². The molecule has 0 atom stereocenters. The normalized spacial score (nSPS) is 10.1. The summed E-state index contributed by atoms with van der Waals surface area (Å²) in [7, 11) is 1.54. The maximum absolute atomic E-state index is 11.1. The van der Waals surface area contributed by atoms with Crippen molar-refractivity contribution in [3.63, 3.8) is 0 Å². The molecule has 0 spiro atoms. The zero-order chi connectivity index (χ0) is 14.4. The summed E-state index contributed by atoms with van der Waals surface area (Å²) in [5.74, 6) is -1.22. The van der Waals surface area contributed by atoms with Crippen molar-refractivity contribution in [3.8, 4) is 5.75 Å². The molecule has 2 N–H and O–H groups in total. The summed E-state index contributed by atoms with van der Waals surface area (Å²) in [6.45, 7) is 0.190. The number of aromatic carboxylic acids is 1. The van der Waals surface area contributed by atoms with Gasteiger partial charge in [-0.25, -0.2) is 4.79 Å². The van der Waals surface area contributed by atoms with Crippen LogP contribution in [0.4, 0.5) is 0 Å². The molecule has 0 heterocycles. The van der Waals surface area contributed by atoms with Crippen molar-refractivity contribution in [2.75, 3.05) is 13.7 Å². The van der Waals surface area contributed by atoms with Crippen LogP contribution in [-0.2, 0) is 4.79 Å². The summed E-state index contributed by atoms with van der Waals surface area (Å²) < 4.78 is 5.33. The molecule has 0 aromatic heterocycles. The highest BCUT2D eigenvalue weighted by molar-refractivity contribution is 6.36. The second kappa shape index (κ2) is 7.21. The highest BCUT2D eigenvalue weighted by Crippen LogP contribution is 2.32. The molecule has 1 amide bonds. The predicted octanol–water partition coefficient (Wildman–Crippen LogP) is 2.60. The lowest BCUT2D eigenvalue weighted by Gasteiger charge is -2.11. The molecule has 1 aromatic carbocycles. The van der Waals surface area contributed by atoms with Crippen LogP contribution in [0.15, 0.2) is 12.1 Å². The zero-order valence-corrected chi connectivity index (χ0v) is 11.7. The third-order valence-corrected chi connectivity index (χ3v) is 2.81. The van der Waals surface area contributed by atoms with Crippen LogP contribution in [0.3, 0.4) is 0 Å². The van der Waals surface area contributed by atoms with E-state index < -0.39 is 5.97 Å². The Balaban J connectivity index is 2.72. The van der Waals surface area contributed by atoms with E-state index in [1.165, 1.54) is 12.1 Å². The molecule has 0 bridgehead atoms. The van der Waals surface area contributed by atoms with Crippen LogP contribution in [0, 0.1) is 0 Å². The van der Waals surface area contributed by atoms with Gasteiger partial charge in [-0.3, -0.25) is 4.79 Å². The number of amides is 1. The van der Waals surface area contributed by atoms with Gasteiger partial charge in [0.2, 0.25) is 5.91 Å². The fourth-order valence-electron chi connectivity index (χ4n) is 1.40. The van der Waals surface area contributed by atoms with Crippen LogP contribution in [0.1, 0.15) is 23.2 Å². The number of nitrogens with one attached hydrogen (secondary N) is 1. The molecule has 0 aliphatic rings. The molecule has 0 unspecified atom stereocenters. The van der Waals surface area contributed by atoms with Crippen molar-refractivity contribution < 1.29 is 19.4 Å². The SMILES string of the molecule is CNC(=O)CCCOc1c(Cl)cc(Cl)cc1C(=O)O. The van der Waals surface area contributed by atoms with Crippen LogP contribution < -0.4 is 10.1 Å². The smallest absolute Gasteiger partial charge is 0.339 e. The lowest BCUT2D eigenvalue weighted by atomic mass is 10.2. The fraction of sp³-hybridized carbons (Fsp3) is 0.333. The predicted molar refractivity (Wildman–Crippen MR) is 72.2 cm³/mol. The first-order valence-electron chi connectivity index (χ1n) is 5.51. The first-order chi connectivity index (χ1) is 8.95. The van der Waals surface area contributed by atoms with Crippen LogP contribution in [-0.4, -0.2) is 30.6 Å². The van der Waals surface area contributed by atoms with E-state index in [0.29, 0.717) is 12.8 Å². The summed E-state index contributed by atoms with van der Waals surface area (Å²) in [5, 5.41) is 11.9. The van der Waals surface area contributed by atoms with Gasteiger partial charge in [0, 0.05) is 18.5 Å². The van der Waals surface area contributed by atoms with Crippen molar-refractivity contribution >= 4 is 35.1 Å². The Bertz CT molecular complexity index is 491. The quantitative estimate of drug-likeness (QED) is 0.792. The van der Waals surface area contributed by atoms with E-state index in [9.17, 15) is 9.59 Å². The Morgan fingerprint density at radius 1 is 1.37 bits per heavy atom. The molecule has 0 radical (unpaired) electrons. The van der Waals surface area contributed by atoms with Gasteiger partial charge in [0.25, 0.3) is 0 Å². The number of rotatable bonds is 6. The van der Waals surface area contributed by atoms with E-state index in [4.69, 9.17) is 33.0 Å². The lowest BCUT2D eigenvalue weighted by molar-refractivity contribution is -0.120. The second-order valence-corrected chi connectivity index (χ2v) is 4.54. The fourth-order valence-corrected chi connectivity index (χ4v) is 1.95. The number of hydrogen-bond donors (Lipinski definition) is 2. The van der Waals surface area contributed by atoms with E-state index in [1.807, 2.05) is 0 Å². The summed E-state index contributed by atoms with van der Waals surface area (Å²) >= 11 is 11.6. The number of ether oxygens (including phenoxy) is 1. The first-order valence-corrected chi connectivity index (χ1v) is 6.27. The minimum absolute atomic E-state index is 0.0653. The molecule has 5 nitrogen and oxygen atoms in total. The molecule has 0 saturated carbocycles. The minimum atomic E-state index is -1.18. The minimum Gasteiger partial charge on any atom is -0.491 e. The average molecular weight is 306 g/mol. The van der Waals surface area contributed by atoms with Crippen molar-refractivity contribution in [2.45, 2.75) is 12.8 Å².